The van der Waals surface area contributed by atoms with Crippen LogP contribution in [0.2, 0.25) is 5.02 Å². The van der Waals surface area contributed by atoms with E-state index in [1.54, 1.807) is 17.9 Å². The predicted octanol–water partition coefficient (Wildman–Crippen LogP) is 3.67. The maximum Gasteiger partial charge on any atom is 0.341 e. The first-order valence-electron chi connectivity index (χ1n) is 11.6. The molecule has 1 aromatic carbocycles. The summed E-state index contributed by atoms with van der Waals surface area (Å²) in [6.07, 6.45) is 2.76. The second-order valence-corrected chi connectivity index (χ2v) is 9.74. The van der Waals surface area contributed by atoms with E-state index in [1.165, 1.54) is 12.3 Å². The van der Waals surface area contributed by atoms with Crippen LogP contribution in [-0.2, 0) is 20.8 Å². The number of aromatic carboxylic acids is 1. The monoisotopic (exact) mass is 506 g/mol. The zero-order valence-corrected chi connectivity index (χ0v) is 21.2. The highest BCUT2D eigenvalue weighted by atomic mass is 35.5. The van der Waals surface area contributed by atoms with Crippen molar-refractivity contribution in [3.8, 4) is 17.0 Å². The molecule has 2 aliphatic rings. The fourth-order valence-corrected chi connectivity index (χ4v) is 4.63. The molecule has 0 saturated carbocycles. The number of hydrogen-bond acceptors (Lipinski definition) is 7. The highest BCUT2D eigenvalue weighted by Gasteiger charge is 2.45. The van der Waals surface area contributed by atoms with Crippen LogP contribution in [0.5, 0.6) is 5.75 Å². The van der Waals surface area contributed by atoms with Crippen molar-refractivity contribution in [3.63, 3.8) is 0 Å². The maximum atomic E-state index is 12.7. The Morgan fingerprint density at radius 2 is 1.91 bits per heavy atom. The van der Waals surface area contributed by atoms with Crippen LogP contribution in [0, 0.1) is 0 Å². The Hall–Kier alpha value is -2.59. The molecule has 35 heavy (non-hydrogen) atoms. The van der Waals surface area contributed by atoms with Crippen LogP contribution >= 0.6 is 11.6 Å². The third-order valence-electron chi connectivity index (χ3n) is 6.61. The maximum absolute atomic E-state index is 12.7. The van der Waals surface area contributed by atoms with Crippen molar-refractivity contribution in [2.24, 2.45) is 0 Å². The Balaban J connectivity index is 1.82. The summed E-state index contributed by atoms with van der Waals surface area (Å²) in [7, 11) is 1.64. The normalized spacial score (nSPS) is 18.0. The number of halogens is 1. The van der Waals surface area contributed by atoms with Crippen LogP contribution < -0.4 is 15.2 Å². The molecule has 0 unspecified atom stereocenters. The molecule has 0 radical (unpaired) electrons. The summed E-state index contributed by atoms with van der Waals surface area (Å²) in [4.78, 5) is 24.5. The number of carbonyl (C=O) groups is 1. The molecular weight excluding hydrogens is 476 g/mol. The van der Waals surface area contributed by atoms with E-state index in [0.29, 0.717) is 55.9 Å². The van der Waals surface area contributed by atoms with Crippen molar-refractivity contribution in [3.05, 3.63) is 50.8 Å². The van der Waals surface area contributed by atoms with E-state index in [2.05, 4.69) is 0 Å². The van der Waals surface area contributed by atoms with E-state index in [0.717, 1.165) is 17.5 Å². The van der Waals surface area contributed by atoms with Crippen LogP contribution in [0.25, 0.3) is 11.3 Å². The van der Waals surface area contributed by atoms with E-state index in [4.69, 9.17) is 30.5 Å². The number of fused-ring (bicyclic) bond motifs is 3. The minimum absolute atomic E-state index is 0.310. The second kappa shape index (κ2) is 9.81. The molecule has 0 aliphatic carbocycles. The fourth-order valence-electron chi connectivity index (χ4n) is 4.41. The number of rotatable bonds is 8. The molecule has 10 heteroatoms. The summed E-state index contributed by atoms with van der Waals surface area (Å²) in [6, 6.07) is 5.00. The van der Waals surface area contributed by atoms with Gasteiger partial charge in [0.05, 0.1) is 37.1 Å². The second-order valence-electron chi connectivity index (χ2n) is 9.33. The van der Waals surface area contributed by atoms with Crippen LogP contribution in [0.4, 0.5) is 0 Å². The molecule has 4 rings (SSSR count). The lowest BCUT2D eigenvalue weighted by Crippen LogP contribution is -2.65. The number of hydrogen-bond donors (Lipinski definition) is 1. The number of ether oxygens (including phenoxy) is 4. The largest absolute Gasteiger partial charge is 0.492 e. The van der Waals surface area contributed by atoms with Crippen molar-refractivity contribution in [2.45, 2.75) is 51.5 Å². The molecule has 1 fully saturated rings. The molecule has 0 bridgehead atoms. The van der Waals surface area contributed by atoms with Gasteiger partial charge in [0.15, 0.2) is 11.2 Å². The SMILES string of the molecule is CCC1(N2Cc3cc(OCCCOC)c(Cl)cc3-c3cc(=O)c(C(=O)O)cn32)COC(C)(C)OC1. The highest BCUT2D eigenvalue weighted by molar-refractivity contribution is 6.32. The van der Waals surface area contributed by atoms with Gasteiger partial charge < -0.3 is 24.1 Å². The van der Waals surface area contributed by atoms with Crippen LogP contribution in [0.15, 0.2) is 29.2 Å². The van der Waals surface area contributed by atoms with E-state index < -0.39 is 22.7 Å². The summed E-state index contributed by atoms with van der Waals surface area (Å²) >= 11 is 6.54. The van der Waals surface area contributed by atoms with Gasteiger partial charge in [-0.05, 0) is 38.0 Å². The highest BCUT2D eigenvalue weighted by Crippen LogP contribution is 2.40. The third kappa shape index (κ3) is 4.91. The van der Waals surface area contributed by atoms with Crippen molar-refractivity contribution in [1.29, 1.82) is 0 Å². The number of pyridine rings is 1. The van der Waals surface area contributed by atoms with E-state index in [9.17, 15) is 14.7 Å². The van der Waals surface area contributed by atoms with Gasteiger partial charge in [0.1, 0.15) is 16.9 Å². The van der Waals surface area contributed by atoms with Crippen molar-refractivity contribution < 1.29 is 28.8 Å². The first-order valence-corrected chi connectivity index (χ1v) is 12.0. The average Bonchev–Trinajstić information content (AvgIpc) is 2.82. The molecule has 1 N–H and O–H groups in total. The minimum atomic E-state index is -1.28. The Morgan fingerprint density at radius 1 is 1.20 bits per heavy atom. The fraction of sp³-hybridized carbons (Fsp3) is 0.520. The van der Waals surface area contributed by atoms with Gasteiger partial charge in [-0.25, -0.2) is 4.79 Å². The van der Waals surface area contributed by atoms with Gasteiger partial charge in [0.25, 0.3) is 0 Å². The van der Waals surface area contributed by atoms with Gasteiger partial charge >= 0.3 is 5.97 Å². The topological polar surface area (TPSA) is 99.5 Å². The standard InChI is InChI=1S/C25H31ClN2O7/c1-5-25(14-34-24(2,3)35-15-25)28-12-16-9-22(33-8-6-7-32-4)19(26)10-17(16)20-11-21(29)18(23(30)31)13-27(20)28/h9-11,13H,5-8,12,14-15H2,1-4H3,(H,30,31). The molecule has 2 aliphatic heterocycles. The van der Waals surface area contributed by atoms with Gasteiger partial charge in [0.2, 0.25) is 0 Å². The molecule has 3 heterocycles. The quantitative estimate of drug-likeness (QED) is 0.541. The smallest absolute Gasteiger partial charge is 0.341 e. The Kier molecular flexibility index (Phi) is 7.15. The number of carboxylic acids is 1. The van der Waals surface area contributed by atoms with Crippen molar-refractivity contribution in [1.82, 2.24) is 4.68 Å². The summed E-state index contributed by atoms with van der Waals surface area (Å²) in [6.45, 7) is 7.93. The van der Waals surface area contributed by atoms with Crippen LogP contribution in [0.3, 0.4) is 0 Å². The van der Waals surface area contributed by atoms with Gasteiger partial charge in [-0.2, -0.15) is 0 Å². The lowest BCUT2D eigenvalue weighted by Gasteiger charge is -2.52. The zero-order chi connectivity index (χ0) is 25.4. The lowest BCUT2D eigenvalue weighted by molar-refractivity contribution is -0.270. The van der Waals surface area contributed by atoms with Crippen molar-refractivity contribution >= 4 is 17.6 Å². The molecule has 190 valence electrons. The summed E-state index contributed by atoms with van der Waals surface area (Å²) in [5.74, 6) is -1.46. The van der Waals surface area contributed by atoms with Gasteiger partial charge in [-0.1, -0.05) is 18.5 Å². The van der Waals surface area contributed by atoms with Crippen LogP contribution in [0.1, 0.15) is 49.5 Å². The molecule has 1 saturated heterocycles. The van der Waals surface area contributed by atoms with Gasteiger partial charge in [0, 0.05) is 38.0 Å². The summed E-state index contributed by atoms with van der Waals surface area (Å²) in [5.41, 5.74) is 0.717. The molecule has 2 aromatic rings. The first-order chi connectivity index (χ1) is 16.6. The molecule has 0 spiro atoms. The third-order valence-corrected chi connectivity index (χ3v) is 6.90. The Morgan fingerprint density at radius 3 is 2.54 bits per heavy atom. The molecule has 0 amide bonds. The number of nitrogens with zero attached hydrogens (tertiary/aromatic N) is 2. The molecule has 9 nitrogen and oxygen atoms in total. The Bertz CT molecular complexity index is 1170. The average molecular weight is 507 g/mol. The van der Waals surface area contributed by atoms with Crippen LogP contribution in [-0.4, -0.2) is 60.6 Å². The number of methoxy groups -OCH3 is 1. The predicted molar refractivity (Wildman–Crippen MR) is 131 cm³/mol. The summed E-state index contributed by atoms with van der Waals surface area (Å²) in [5, 5.41) is 12.1. The van der Waals surface area contributed by atoms with Gasteiger partial charge in [-0.3, -0.25) is 14.5 Å². The van der Waals surface area contributed by atoms with E-state index in [-0.39, 0.29) is 5.56 Å². The van der Waals surface area contributed by atoms with E-state index >= 15 is 0 Å². The Labute approximate surface area is 209 Å². The zero-order valence-electron chi connectivity index (χ0n) is 20.4. The molecule has 0 atom stereocenters. The van der Waals surface area contributed by atoms with Crippen molar-refractivity contribution in [2.75, 3.05) is 38.5 Å². The number of aromatic nitrogens is 1. The minimum Gasteiger partial charge on any atom is -0.492 e. The number of carboxylic acid groups (broad SMARTS) is 1. The van der Waals surface area contributed by atoms with E-state index in [1.807, 2.05) is 31.8 Å². The number of benzene rings is 1. The van der Waals surface area contributed by atoms with Gasteiger partial charge in [-0.15, -0.1) is 0 Å². The first kappa shape index (κ1) is 25.5. The summed E-state index contributed by atoms with van der Waals surface area (Å²) < 4.78 is 24.8. The molecule has 1 aromatic heterocycles. The lowest BCUT2D eigenvalue weighted by atomic mass is 9.92. The molecular formula is C25H31ClN2O7.